The van der Waals surface area contributed by atoms with E-state index in [1.165, 1.54) is 11.1 Å². The number of rotatable bonds is 5. The summed E-state index contributed by atoms with van der Waals surface area (Å²) in [6.45, 7) is 7.90. The summed E-state index contributed by atoms with van der Waals surface area (Å²) in [5.41, 5.74) is 8.36. The van der Waals surface area contributed by atoms with Gasteiger partial charge in [0, 0.05) is 25.0 Å². The third kappa shape index (κ3) is 3.03. The molecule has 0 bridgehead atoms. The number of aryl methyl sites for hydroxylation is 1. The molecule has 1 aliphatic heterocycles. The van der Waals surface area contributed by atoms with E-state index >= 15 is 0 Å². The molecule has 0 atom stereocenters. The summed E-state index contributed by atoms with van der Waals surface area (Å²) in [5, 5.41) is 3.40. The Balaban J connectivity index is 2.11. The third-order valence-corrected chi connectivity index (χ3v) is 3.58. The monoisotopic (exact) mass is 248 g/mol. The van der Waals surface area contributed by atoms with Crippen molar-refractivity contribution in [2.45, 2.75) is 32.1 Å². The average Bonchev–Trinajstić information content (AvgIpc) is 2.38. The molecule has 2 rings (SSSR count). The van der Waals surface area contributed by atoms with Crippen LogP contribution < -0.4 is 15.8 Å². The lowest BCUT2D eigenvalue weighted by atomic mass is 9.83. The Labute approximate surface area is 110 Å². The maximum absolute atomic E-state index is 5.66. The maximum Gasteiger partial charge on any atom is 0.122 e. The molecule has 0 unspecified atom stereocenters. The summed E-state index contributed by atoms with van der Waals surface area (Å²) < 4.78 is 5.66. The first-order valence-corrected chi connectivity index (χ1v) is 6.80. The minimum absolute atomic E-state index is 0.127. The summed E-state index contributed by atoms with van der Waals surface area (Å²) in [4.78, 5) is 0. The molecule has 0 saturated carbocycles. The number of fused-ring (bicyclic) bond motifs is 1. The zero-order chi connectivity index (χ0) is 13.0. The number of benzene rings is 1. The van der Waals surface area contributed by atoms with E-state index in [-0.39, 0.29) is 5.41 Å². The van der Waals surface area contributed by atoms with Crippen LogP contribution in [0.15, 0.2) is 18.2 Å². The van der Waals surface area contributed by atoms with Gasteiger partial charge in [-0.3, -0.25) is 0 Å². The van der Waals surface area contributed by atoms with Crippen LogP contribution in [-0.4, -0.2) is 26.2 Å². The van der Waals surface area contributed by atoms with Gasteiger partial charge in [-0.05, 0) is 30.0 Å². The van der Waals surface area contributed by atoms with Crippen LogP contribution >= 0.6 is 0 Å². The Morgan fingerprint density at radius 1 is 1.39 bits per heavy atom. The molecular formula is C15H24N2O. The van der Waals surface area contributed by atoms with Gasteiger partial charge in [-0.15, -0.1) is 0 Å². The molecule has 1 aromatic carbocycles. The van der Waals surface area contributed by atoms with Gasteiger partial charge < -0.3 is 15.8 Å². The molecule has 0 spiro atoms. The fourth-order valence-corrected chi connectivity index (χ4v) is 2.39. The van der Waals surface area contributed by atoms with Gasteiger partial charge in [-0.2, -0.15) is 0 Å². The van der Waals surface area contributed by atoms with Gasteiger partial charge in [-0.1, -0.05) is 26.0 Å². The smallest absolute Gasteiger partial charge is 0.122 e. The minimum Gasteiger partial charge on any atom is -0.493 e. The standard InChI is InChI=1S/C15H24N2O/c1-15(2,11-17-8-7-16)13-5-6-14-12(10-13)4-3-9-18-14/h5-6,10,17H,3-4,7-9,11,16H2,1-2H3. The summed E-state index contributed by atoms with van der Waals surface area (Å²) in [5.74, 6) is 1.07. The highest BCUT2D eigenvalue weighted by Gasteiger charge is 2.22. The molecule has 0 aromatic heterocycles. The lowest BCUT2D eigenvalue weighted by Crippen LogP contribution is -2.35. The van der Waals surface area contributed by atoms with E-state index in [4.69, 9.17) is 10.5 Å². The van der Waals surface area contributed by atoms with Gasteiger partial charge >= 0.3 is 0 Å². The van der Waals surface area contributed by atoms with E-state index in [2.05, 4.69) is 37.4 Å². The Kier molecular flexibility index (Phi) is 4.25. The molecule has 1 aliphatic rings. The number of hydrogen-bond donors (Lipinski definition) is 2. The zero-order valence-corrected chi connectivity index (χ0v) is 11.5. The lowest BCUT2D eigenvalue weighted by Gasteiger charge is -2.28. The van der Waals surface area contributed by atoms with Crippen molar-refractivity contribution in [3.8, 4) is 5.75 Å². The molecular weight excluding hydrogens is 224 g/mol. The van der Waals surface area contributed by atoms with Crippen molar-refractivity contribution in [3.05, 3.63) is 29.3 Å². The van der Waals surface area contributed by atoms with Crippen molar-refractivity contribution < 1.29 is 4.74 Å². The number of nitrogens with one attached hydrogen (secondary N) is 1. The van der Waals surface area contributed by atoms with Crippen molar-refractivity contribution in [3.63, 3.8) is 0 Å². The topological polar surface area (TPSA) is 47.3 Å². The minimum atomic E-state index is 0.127. The van der Waals surface area contributed by atoms with E-state index in [1.807, 2.05) is 0 Å². The molecule has 0 amide bonds. The van der Waals surface area contributed by atoms with Gasteiger partial charge in [0.15, 0.2) is 0 Å². The van der Waals surface area contributed by atoms with Gasteiger partial charge in [0.2, 0.25) is 0 Å². The average molecular weight is 248 g/mol. The first-order chi connectivity index (χ1) is 8.63. The second-order valence-electron chi connectivity index (χ2n) is 5.62. The third-order valence-electron chi connectivity index (χ3n) is 3.58. The number of nitrogens with two attached hydrogens (primary N) is 1. The molecule has 1 aromatic rings. The van der Waals surface area contributed by atoms with Crippen molar-refractivity contribution in [2.24, 2.45) is 5.73 Å². The fourth-order valence-electron chi connectivity index (χ4n) is 2.39. The number of hydrogen-bond acceptors (Lipinski definition) is 3. The van der Waals surface area contributed by atoms with Crippen molar-refractivity contribution in [1.29, 1.82) is 0 Å². The van der Waals surface area contributed by atoms with Crippen molar-refractivity contribution in [2.75, 3.05) is 26.2 Å². The lowest BCUT2D eigenvalue weighted by molar-refractivity contribution is 0.288. The first kappa shape index (κ1) is 13.4. The molecule has 3 nitrogen and oxygen atoms in total. The Bertz CT molecular complexity index is 401. The quantitative estimate of drug-likeness (QED) is 0.782. The van der Waals surface area contributed by atoms with Crippen LogP contribution in [0.4, 0.5) is 0 Å². The molecule has 1 heterocycles. The maximum atomic E-state index is 5.66. The summed E-state index contributed by atoms with van der Waals surface area (Å²) in [7, 11) is 0. The van der Waals surface area contributed by atoms with Gasteiger partial charge in [0.1, 0.15) is 5.75 Å². The Hall–Kier alpha value is -1.06. The van der Waals surface area contributed by atoms with Gasteiger partial charge in [0.25, 0.3) is 0 Å². The SMILES string of the molecule is CC(C)(CNCCN)c1ccc2c(c1)CCCO2. The zero-order valence-electron chi connectivity index (χ0n) is 11.5. The first-order valence-electron chi connectivity index (χ1n) is 6.80. The number of ether oxygens (including phenoxy) is 1. The van der Waals surface area contributed by atoms with Crippen LogP contribution in [0.1, 0.15) is 31.4 Å². The van der Waals surface area contributed by atoms with Crippen LogP contribution in [-0.2, 0) is 11.8 Å². The second-order valence-corrected chi connectivity index (χ2v) is 5.62. The van der Waals surface area contributed by atoms with Crippen LogP contribution in [0.2, 0.25) is 0 Å². The highest BCUT2D eigenvalue weighted by molar-refractivity contribution is 5.41. The highest BCUT2D eigenvalue weighted by Crippen LogP contribution is 2.30. The van der Waals surface area contributed by atoms with E-state index in [0.717, 1.165) is 38.3 Å². The molecule has 100 valence electrons. The van der Waals surface area contributed by atoms with Gasteiger partial charge in [-0.25, -0.2) is 0 Å². The van der Waals surface area contributed by atoms with Crippen LogP contribution in [0.5, 0.6) is 5.75 Å². The van der Waals surface area contributed by atoms with E-state index in [9.17, 15) is 0 Å². The van der Waals surface area contributed by atoms with Gasteiger partial charge in [0.05, 0.1) is 6.61 Å². The van der Waals surface area contributed by atoms with E-state index < -0.39 is 0 Å². The van der Waals surface area contributed by atoms with Crippen LogP contribution in [0.3, 0.4) is 0 Å². The molecule has 0 aliphatic carbocycles. The molecule has 3 heteroatoms. The van der Waals surface area contributed by atoms with E-state index in [1.54, 1.807) is 0 Å². The van der Waals surface area contributed by atoms with Crippen molar-refractivity contribution in [1.82, 2.24) is 5.32 Å². The summed E-state index contributed by atoms with van der Waals surface area (Å²) >= 11 is 0. The summed E-state index contributed by atoms with van der Waals surface area (Å²) in [6, 6.07) is 6.61. The Morgan fingerprint density at radius 2 is 2.22 bits per heavy atom. The molecule has 0 fully saturated rings. The summed E-state index contributed by atoms with van der Waals surface area (Å²) in [6.07, 6.45) is 2.26. The molecule has 0 saturated heterocycles. The van der Waals surface area contributed by atoms with Crippen LogP contribution in [0.25, 0.3) is 0 Å². The van der Waals surface area contributed by atoms with Crippen LogP contribution in [0, 0.1) is 0 Å². The fraction of sp³-hybridized carbons (Fsp3) is 0.600. The molecule has 18 heavy (non-hydrogen) atoms. The normalized spacial score (nSPS) is 15.1. The van der Waals surface area contributed by atoms with E-state index in [0.29, 0.717) is 6.54 Å². The molecule has 0 radical (unpaired) electrons. The predicted molar refractivity (Wildman–Crippen MR) is 75.2 cm³/mol. The molecule has 3 N–H and O–H groups in total. The highest BCUT2D eigenvalue weighted by atomic mass is 16.5. The second kappa shape index (κ2) is 5.72. The largest absolute Gasteiger partial charge is 0.493 e. The van der Waals surface area contributed by atoms with Crippen molar-refractivity contribution >= 4 is 0 Å². The Morgan fingerprint density at radius 3 is 3.00 bits per heavy atom. The predicted octanol–water partition coefficient (Wildman–Crippen LogP) is 1.84.